The Morgan fingerprint density at radius 2 is 2.10 bits per heavy atom. The molecule has 0 aromatic carbocycles. The summed E-state index contributed by atoms with van der Waals surface area (Å²) >= 11 is 2.16. The number of piperazine rings is 1. The summed E-state index contributed by atoms with van der Waals surface area (Å²) in [7, 11) is 0. The Morgan fingerprint density at radius 3 is 3.00 bits per heavy atom. The molecule has 10 heavy (non-hydrogen) atoms. The van der Waals surface area contributed by atoms with E-state index in [1.165, 1.54) is 39.0 Å². The molecular weight excluding hydrogens is 239 g/mol. The molecule has 0 aliphatic carbocycles. The highest BCUT2D eigenvalue weighted by molar-refractivity contribution is 4.83. The van der Waals surface area contributed by atoms with E-state index in [0.29, 0.717) is 0 Å². The molecule has 2 aliphatic heterocycles. The van der Waals surface area contributed by atoms with E-state index in [1.807, 2.05) is 0 Å². The second-order valence-corrected chi connectivity index (χ2v) is 4.69. The van der Waals surface area contributed by atoms with E-state index in [4.69, 9.17) is 0 Å². The predicted molar refractivity (Wildman–Crippen MR) is 37.6 cm³/mol. The van der Waals surface area contributed by atoms with Gasteiger partial charge in [0.05, 0.1) is 13.1 Å². The molecule has 0 N–H and O–H groups in total. The first-order chi connectivity index (χ1) is 4.86. The van der Waals surface area contributed by atoms with Gasteiger partial charge in [0.25, 0.3) is 0 Å². The maximum atomic E-state index is 2.64. The summed E-state index contributed by atoms with van der Waals surface area (Å²) < 4.78 is 2.46. The first kappa shape index (κ1) is 7.31. The van der Waals surface area contributed by atoms with Crippen LogP contribution in [0, 0.1) is 0 Å². The normalized spacial score (nSPS) is 36.3. The molecule has 2 aliphatic rings. The van der Waals surface area contributed by atoms with E-state index in [2.05, 4.69) is 30.9 Å². The quantitative estimate of drug-likeness (QED) is 0.335. The first-order valence-corrected chi connectivity index (χ1v) is 5.06. The van der Waals surface area contributed by atoms with Crippen LogP contribution in [0.3, 0.4) is 0 Å². The third-order valence-corrected chi connectivity index (χ3v) is 3.50. The lowest BCUT2D eigenvalue weighted by Gasteiger charge is -2.30. The van der Waals surface area contributed by atoms with E-state index < -0.39 is 0 Å². The SMILES string of the molecule is [IH+]N1CCN2CCCC2C1. The van der Waals surface area contributed by atoms with Crippen LogP contribution in [0.5, 0.6) is 0 Å². The zero-order valence-corrected chi connectivity index (χ0v) is 8.45. The van der Waals surface area contributed by atoms with Crippen molar-refractivity contribution in [1.82, 2.24) is 8.01 Å². The third kappa shape index (κ3) is 1.31. The summed E-state index contributed by atoms with van der Waals surface area (Å²) in [6.07, 6.45) is 2.87. The number of rotatable bonds is 0. The van der Waals surface area contributed by atoms with E-state index in [-0.39, 0.29) is 0 Å². The summed E-state index contributed by atoms with van der Waals surface area (Å²) in [5, 5.41) is 0. The molecule has 58 valence electrons. The highest BCUT2D eigenvalue weighted by Crippen LogP contribution is 2.18. The Morgan fingerprint density at radius 1 is 1.20 bits per heavy atom. The summed E-state index contributed by atoms with van der Waals surface area (Å²) in [6.45, 7) is 5.26. The van der Waals surface area contributed by atoms with Crippen molar-refractivity contribution in [2.45, 2.75) is 18.9 Å². The molecule has 2 fully saturated rings. The zero-order valence-electron chi connectivity index (χ0n) is 6.12. The van der Waals surface area contributed by atoms with E-state index in [1.54, 1.807) is 0 Å². The first-order valence-electron chi connectivity index (χ1n) is 4.02. The monoisotopic (exact) mass is 253 g/mol. The van der Waals surface area contributed by atoms with Gasteiger partial charge in [-0.05, 0) is 19.4 Å². The van der Waals surface area contributed by atoms with Crippen LogP contribution in [0.25, 0.3) is 0 Å². The number of hydrogen-bond donors (Lipinski definition) is 0. The van der Waals surface area contributed by atoms with Gasteiger partial charge >= 0.3 is 22.9 Å². The fourth-order valence-corrected chi connectivity index (χ4v) is 2.69. The van der Waals surface area contributed by atoms with Crippen molar-refractivity contribution in [1.29, 1.82) is 0 Å². The summed E-state index contributed by atoms with van der Waals surface area (Å²) in [5.74, 6) is 0. The second kappa shape index (κ2) is 2.95. The number of fused-ring (bicyclic) bond motifs is 1. The van der Waals surface area contributed by atoms with Gasteiger partial charge in [0.1, 0.15) is 0 Å². The van der Waals surface area contributed by atoms with Crippen LogP contribution >= 0.6 is 0 Å². The molecular formula is C7H14IN2+. The average molecular weight is 253 g/mol. The second-order valence-electron chi connectivity index (χ2n) is 3.22. The van der Waals surface area contributed by atoms with E-state index in [9.17, 15) is 0 Å². The average Bonchev–Trinajstić information content (AvgIpc) is 2.33. The minimum atomic E-state index is 0.904. The summed E-state index contributed by atoms with van der Waals surface area (Å²) in [5.41, 5.74) is 0. The molecule has 1 atom stereocenters. The highest BCUT2D eigenvalue weighted by Gasteiger charge is 2.32. The molecule has 0 aromatic rings. The molecule has 1 unspecified atom stereocenters. The van der Waals surface area contributed by atoms with Gasteiger partial charge in [-0.1, -0.05) is 3.11 Å². The van der Waals surface area contributed by atoms with Gasteiger partial charge in [-0.25, -0.2) is 0 Å². The van der Waals surface area contributed by atoms with Crippen LogP contribution in [0.4, 0.5) is 0 Å². The van der Waals surface area contributed by atoms with Gasteiger partial charge in [-0.3, -0.25) is 4.90 Å². The van der Waals surface area contributed by atoms with Crippen LogP contribution in [0.15, 0.2) is 0 Å². The topological polar surface area (TPSA) is 6.48 Å². The lowest BCUT2D eigenvalue weighted by molar-refractivity contribution is -0.579. The largest absolute Gasteiger partial charge is 0.370 e. The van der Waals surface area contributed by atoms with Crippen LogP contribution in [0.1, 0.15) is 12.8 Å². The Bertz CT molecular complexity index is 129. The van der Waals surface area contributed by atoms with Gasteiger partial charge in [0.15, 0.2) is 0 Å². The van der Waals surface area contributed by atoms with Gasteiger partial charge in [-0.2, -0.15) is 0 Å². The Labute approximate surface area is 76.1 Å². The Balaban J connectivity index is 1.96. The Kier molecular flexibility index (Phi) is 2.15. The molecule has 2 nitrogen and oxygen atoms in total. The van der Waals surface area contributed by atoms with Crippen molar-refractivity contribution in [2.24, 2.45) is 0 Å². The lowest BCUT2D eigenvalue weighted by atomic mass is 10.2. The van der Waals surface area contributed by atoms with Crippen molar-refractivity contribution >= 4 is 0 Å². The molecule has 0 spiro atoms. The number of nitrogens with zero attached hydrogens (tertiary/aromatic N) is 2. The van der Waals surface area contributed by atoms with Crippen molar-refractivity contribution in [3.63, 3.8) is 0 Å². The molecule has 0 amide bonds. The molecule has 2 heterocycles. The van der Waals surface area contributed by atoms with Crippen LogP contribution in [-0.2, 0) is 0 Å². The molecule has 0 radical (unpaired) electrons. The number of hydrogen-bond acceptors (Lipinski definition) is 2. The van der Waals surface area contributed by atoms with Gasteiger partial charge in [0, 0.05) is 12.6 Å². The van der Waals surface area contributed by atoms with E-state index in [0.717, 1.165) is 6.04 Å². The Hall–Kier alpha value is 0.650. The smallest absolute Gasteiger partial charge is 0.298 e. The van der Waals surface area contributed by atoms with Crippen molar-refractivity contribution in [3.8, 4) is 0 Å². The fraction of sp³-hybridized carbons (Fsp3) is 1.00. The summed E-state index contributed by atoms with van der Waals surface area (Å²) in [4.78, 5) is 2.64. The number of halogens is 1. The van der Waals surface area contributed by atoms with Crippen LogP contribution in [-0.4, -0.2) is 40.2 Å². The maximum Gasteiger partial charge on any atom is 0.370 e. The molecule has 0 saturated carbocycles. The zero-order chi connectivity index (χ0) is 6.97. The predicted octanol–water partition coefficient (Wildman–Crippen LogP) is -3.03. The molecule has 2 saturated heterocycles. The lowest BCUT2D eigenvalue weighted by Crippen LogP contribution is -3.42. The minimum Gasteiger partial charge on any atom is -0.298 e. The third-order valence-electron chi connectivity index (χ3n) is 2.55. The van der Waals surface area contributed by atoms with Crippen LogP contribution in [0.2, 0.25) is 0 Å². The fourth-order valence-electron chi connectivity index (χ4n) is 1.96. The maximum absolute atomic E-state index is 2.64. The van der Waals surface area contributed by atoms with Gasteiger partial charge in [-0.15, -0.1) is 0 Å². The molecule has 0 aromatic heterocycles. The van der Waals surface area contributed by atoms with Gasteiger partial charge < -0.3 is 0 Å². The molecule has 2 rings (SSSR count). The van der Waals surface area contributed by atoms with E-state index >= 15 is 0 Å². The standard InChI is InChI=1S/C7H14IN2/c8-10-5-4-9-3-1-2-7(9)6-10/h7-8H,1-6H2/q+1. The highest BCUT2D eigenvalue weighted by atomic mass is 127. The van der Waals surface area contributed by atoms with Gasteiger partial charge in [0.2, 0.25) is 0 Å². The minimum absolute atomic E-state index is 0.904. The molecule has 0 bridgehead atoms. The molecule has 3 heteroatoms. The summed E-state index contributed by atoms with van der Waals surface area (Å²) in [6, 6.07) is 0.904. The van der Waals surface area contributed by atoms with Crippen molar-refractivity contribution in [3.05, 3.63) is 0 Å². The van der Waals surface area contributed by atoms with Crippen molar-refractivity contribution < 1.29 is 22.9 Å². The van der Waals surface area contributed by atoms with Crippen molar-refractivity contribution in [2.75, 3.05) is 26.2 Å². The van der Waals surface area contributed by atoms with Crippen LogP contribution < -0.4 is 22.9 Å².